The molecule has 0 fully saturated rings. The van der Waals surface area contributed by atoms with Gasteiger partial charge < -0.3 is 19.3 Å². The third-order valence-electron chi connectivity index (χ3n) is 2.65. The second kappa shape index (κ2) is 4.66. The van der Waals surface area contributed by atoms with E-state index < -0.39 is 0 Å². The molecule has 1 aromatic carbocycles. The number of nitrogens with one attached hydrogen (secondary N) is 1. The maximum atomic E-state index is 5.66. The fourth-order valence-corrected chi connectivity index (χ4v) is 1.89. The lowest BCUT2D eigenvalue weighted by molar-refractivity contribution is 0.174. The number of anilines is 1. The number of hydrogen-bond acceptors (Lipinski definition) is 6. The number of hydrogen-bond donors (Lipinski definition) is 1. The molecule has 2 heterocycles. The normalized spacial score (nSPS) is 13.6. The van der Waals surface area contributed by atoms with E-state index in [2.05, 4.69) is 15.5 Å². The summed E-state index contributed by atoms with van der Waals surface area (Å²) in [4.78, 5) is 4.27. The molecule has 0 amide bonds. The van der Waals surface area contributed by atoms with Crippen LogP contribution < -0.4 is 10.1 Å². The second-order valence-corrected chi connectivity index (χ2v) is 3.91. The predicted molar refractivity (Wildman–Crippen MR) is 64.4 cm³/mol. The van der Waals surface area contributed by atoms with E-state index in [0.29, 0.717) is 24.9 Å². The maximum absolute atomic E-state index is 5.66. The van der Waals surface area contributed by atoms with Crippen LogP contribution in [0, 0.1) is 0 Å². The third-order valence-corrected chi connectivity index (χ3v) is 2.65. The van der Waals surface area contributed by atoms with Crippen LogP contribution >= 0.6 is 0 Å². The largest absolute Gasteiger partial charge is 0.489 e. The molecule has 0 unspecified atom stereocenters. The molecule has 0 spiro atoms. The smallest absolute Gasteiger partial charge is 0.261 e. The van der Waals surface area contributed by atoms with Crippen molar-refractivity contribution in [3.05, 3.63) is 24.0 Å². The van der Waals surface area contributed by atoms with Crippen molar-refractivity contribution in [1.29, 1.82) is 0 Å². The summed E-state index contributed by atoms with van der Waals surface area (Å²) in [6, 6.07) is 5.79. The van der Waals surface area contributed by atoms with E-state index >= 15 is 0 Å². The Kier molecular flexibility index (Phi) is 2.85. The first kappa shape index (κ1) is 11.0. The molecule has 1 aliphatic heterocycles. The zero-order valence-corrected chi connectivity index (χ0v) is 9.97. The predicted octanol–water partition coefficient (Wildman–Crippen LogP) is 1.69. The fourth-order valence-electron chi connectivity index (χ4n) is 1.89. The zero-order chi connectivity index (χ0) is 12.4. The number of aromatic nitrogens is 2. The molecule has 1 N–H and O–H groups in total. The monoisotopic (exact) mass is 247 g/mol. The van der Waals surface area contributed by atoms with Crippen molar-refractivity contribution >= 4 is 5.69 Å². The van der Waals surface area contributed by atoms with Gasteiger partial charge in [-0.25, -0.2) is 0 Å². The van der Waals surface area contributed by atoms with Crippen molar-refractivity contribution in [1.82, 2.24) is 10.1 Å². The molecule has 1 aliphatic rings. The van der Waals surface area contributed by atoms with Gasteiger partial charge in [0, 0.05) is 13.7 Å². The summed E-state index contributed by atoms with van der Waals surface area (Å²) in [6.45, 7) is 1.76. The van der Waals surface area contributed by atoms with Gasteiger partial charge >= 0.3 is 0 Å². The van der Waals surface area contributed by atoms with Crippen LogP contribution in [0.2, 0.25) is 0 Å². The number of benzene rings is 1. The lowest BCUT2D eigenvalue weighted by Crippen LogP contribution is -2.18. The summed E-state index contributed by atoms with van der Waals surface area (Å²) in [5, 5.41) is 7.11. The van der Waals surface area contributed by atoms with Crippen LogP contribution in [0.3, 0.4) is 0 Å². The minimum absolute atomic E-state index is 0.331. The summed E-state index contributed by atoms with van der Waals surface area (Å²) in [5.74, 6) is 1.73. The van der Waals surface area contributed by atoms with Crippen LogP contribution in [-0.4, -0.2) is 30.4 Å². The lowest BCUT2D eigenvalue weighted by Gasteiger charge is -2.20. The van der Waals surface area contributed by atoms with Gasteiger partial charge in [0.1, 0.15) is 13.2 Å². The molecule has 94 valence electrons. The Morgan fingerprint density at radius 2 is 2.39 bits per heavy atom. The van der Waals surface area contributed by atoms with E-state index in [-0.39, 0.29) is 0 Å². The number of rotatable bonds is 3. The van der Waals surface area contributed by atoms with Gasteiger partial charge in [0.25, 0.3) is 5.89 Å². The van der Waals surface area contributed by atoms with Gasteiger partial charge in [-0.2, -0.15) is 4.98 Å². The minimum Gasteiger partial charge on any atom is -0.489 e. The Morgan fingerprint density at radius 3 is 3.28 bits per heavy atom. The molecule has 0 atom stereocenters. The number of ether oxygens (including phenoxy) is 2. The first-order valence-electron chi connectivity index (χ1n) is 5.70. The molecule has 0 saturated carbocycles. The summed E-state index contributed by atoms with van der Waals surface area (Å²) < 4.78 is 15.8. The highest BCUT2D eigenvalue weighted by Crippen LogP contribution is 2.37. The Labute approximate surface area is 104 Å². The van der Waals surface area contributed by atoms with Crippen molar-refractivity contribution in [3.8, 4) is 17.2 Å². The van der Waals surface area contributed by atoms with E-state index in [4.69, 9.17) is 14.0 Å². The van der Waals surface area contributed by atoms with Gasteiger partial charge in [-0.15, -0.1) is 0 Å². The van der Waals surface area contributed by atoms with Crippen molar-refractivity contribution in [2.75, 3.05) is 25.6 Å². The standard InChI is InChI=1S/C12H13N3O3/c1-16-7-10-14-12(18-15-10)8-3-2-4-9-11(8)17-6-5-13-9/h2-4,13H,5-7H2,1H3. The Bertz CT molecular complexity index is 553. The van der Waals surface area contributed by atoms with Crippen LogP contribution in [0.4, 0.5) is 5.69 Å². The highest BCUT2D eigenvalue weighted by atomic mass is 16.5. The molecule has 0 aliphatic carbocycles. The molecule has 6 heteroatoms. The summed E-state index contributed by atoms with van der Waals surface area (Å²) in [5.41, 5.74) is 1.75. The van der Waals surface area contributed by atoms with E-state index in [1.165, 1.54) is 0 Å². The summed E-state index contributed by atoms with van der Waals surface area (Å²) >= 11 is 0. The third kappa shape index (κ3) is 1.91. The minimum atomic E-state index is 0.331. The number of methoxy groups -OCH3 is 1. The van der Waals surface area contributed by atoms with Crippen molar-refractivity contribution < 1.29 is 14.0 Å². The molecule has 2 aromatic rings. The number of para-hydroxylation sites is 1. The summed E-state index contributed by atoms with van der Waals surface area (Å²) in [7, 11) is 1.59. The maximum Gasteiger partial charge on any atom is 0.261 e. The van der Waals surface area contributed by atoms with E-state index in [1.54, 1.807) is 7.11 Å². The topological polar surface area (TPSA) is 69.4 Å². The van der Waals surface area contributed by atoms with Gasteiger partial charge in [0.05, 0.1) is 11.3 Å². The fraction of sp³-hybridized carbons (Fsp3) is 0.333. The second-order valence-electron chi connectivity index (χ2n) is 3.91. The quantitative estimate of drug-likeness (QED) is 0.890. The first-order chi connectivity index (χ1) is 8.88. The lowest BCUT2D eigenvalue weighted by atomic mass is 10.1. The van der Waals surface area contributed by atoms with Gasteiger partial charge in [-0.3, -0.25) is 0 Å². The van der Waals surface area contributed by atoms with Crippen LogP contribution in [0.5, 0.6) is 5.75 Å². The number of nitrogens with zero attached hydrogens (tertiary/aromatic N) is 2. The molecule has 6 nitrogen and oxygen atoms in total. The van der Waals surface area contributed by atoms with Crippen LogP contribution in [0.1, 0.15) is 5.82 Å². The average molecular weight is 247 g/mol. The molecule has 3 rings (SSSR count). The van der Waals surface area contributed by atoms with Crippen molar-refractivity contribution in [2.24, 2.45) is 0 Å². The van der Waals surface area contributed by atoms with E-state index in [0.717, 1.165) is 23.5 Å². The van der Waals surface area contributed by atoms with Crippen LogP contribution in [0.25, 0.3) is 11.5 Å². The molecule has 1 aromatic heterocycles. The van der Waals surface area contributed by atoms with Gasteiger partial charge in [-0.1, -0.05) is 11.2 Å². The van der Waals surface area contributed by atoms with Gasteiger partial charge in [-0.05, 0) is 12.1 Å². The van der Waals surface area contributed by atoms with Gasteiger partial charge in [0.15, 0.2) is 11.6 Å². The molecule has 18 heavy (non-hydrogen) atoms. The van der Waals surface area contributed by atoms with Crippen LogP contribution in [0.15, 0.2) is 22.7 Å². The van der Waals surface area contributed by atoms with Gasteiger partial charge in [0.2, 0.25) is 0 Å². The molecular formula is C12H13N3O3. The molecular weight excluding hydrogens is 234 g/mol. The number of fused-ring (bicyclic) bond motifs is 1. The SMILES string of the molecule is COCc1noc(-c2cccc3c2OCCN3)n1. The van der Waals surface area contributed by atoms with Crippen LogP contribution in [-0.2, 0) is 11.3 Å². The first-order valence-corrected chi connectivity index (χ1v) is 5.70. The molecule has 0 bridgehead atoms. The van der Waals surface area contributed by atoms with Crippen molar-refractivity contribution in [3.63, 3.8) is 0 Å². The summed E-state index contributed by atoms with van der Waals surface area (Å²) in [6.07, 6.45) is 0. The Balaban J connectivity index is 2.00. The molecule has 0 radical (unpaired) electrons. The van der Waals surface area contributed by atoms with E-state index in [9.17, 15) is 0 Å². The average Bonchev–Trinajstić information content (AvgIpc) is 2.87. The zero-order valence-electron chi connectivity index (χ0n) is 9.97. The van der Waals surface area contributed by atoms with Crippen molar-refractivity contribution in [2.45, 2.75) is 6.61 Å². The highest BCUT2D eigenvalue weighted by Gasteiger charge is 2.19. The Morgan fingerprint density at radius 1 is 1.44 bits per heavy atom. The molecule has 0 saturated heterocycles. The highest BCUT2D eigenvalue weighted by molar-refractivity contribution is 5.74. The Hall–Kier alpha value is -2.08. The van der Waals surface area contributed by atoms with E-state index in [1.807, 2.05) is 18.2 Å².